The average Bonchev–Trinajstić information content (AvgIpc) is 2.73. The molecular weight excluding hydrogens is 446 g/mol. The van der Waals surface area contributed by atoms with Crippen LogP contribution in [-0.4, -0.2) is 44.2 Å². The lowest BCUT2D eigenvalue weighted by Gasteiger charge is -2.25. The predicted molar refractivity (Wildman–Crippen MR) is 108 cm³/mol. The van der Waals surface area contributed by atoms with Gasteiger partial charge in [-0.3, -0.25) is 4.79 Å². The maximum Gasteiger partial charge on any atom is 0.338 e. The molecule has 0 unspecified atom stereocenters. The van der Waals surface area contributed by atoms with E-state index >= 15 is 0 Å². The van der Waals surface area contributed by atoms with Crippen molar-refractivity contribution >= 4 is 37.7 Å². The van der Waals surface area contributed by atoms with Gasteiger partial charge in [0.25, 0.3) is 0 Å². The fraction of sp³-hybridized carbons (Fsp3) is 0.300. The van der Waals surface area contributed by atoms with Crippen molar-refractivity contribution < 1.29 is 22.7 Å². The van der Waals surface area contributed by atoms with E-state index in [1.54, 1.807) is 24.3 Å². The second-order valence-electron chi connectivity index (χ2n) is 6.50. The molecule has 1 heterocycles. The molecule has 8 heteroatoms. The highest BCUT2D eigenvalue weighted by Gasteiger charge is 2.26. The number of ether oxygens (including phenoxy) is 1. The number of ketones is 1. The number of esters is 1. The molecule has 1 aliphatic heterocycles. The van der Waals surface area contributed by atoms with Gasteiger partial charge in [0.1, 0.15) is 0 Å². The van der Waals surface area contributed by atoms with Crippen molar-refractivity contribution in [2.75, 3.05) is 19.7 Å². The second-order valence-corrected chi connectivity index (χ2v) is 9.35. The summed E-state index contributed by atoms with van der Waals surface area (Å²) in [5.74, 6) is -1.07. The van der Waals surface area contributed by atoms with Gasteiger partial charge in [-0.2, -0.15) is 4.31 Å². The van der Waals surface area contributed by atoms with E-state index in [0.717, 1.165) is 23.7 Å². The van der Waals surface area contributed by atoms with E-state index in [-0.39, 0.29) is 16.2 Å². The smallest absolute Gasteiger partial charge is 0.338 e. The van der Waals surface area contributed by atoms with Crippen LogP contribution in [0.15, 0.2) is 57.9 Å². The van der Waals surface area contributed by atoms with Crippen molar-refractivity contribution in [1.82, 2.24) is 4.31 Å². The Labute approximate surface area is 172 Å². The molecular formula is C20H20BrNO5S. The third-order valence-electron chi connectivity index (χ3n) is 4.52. The summed E-state index contributed by atoms with van der Waals surface area (Å²) in [5.41, 5.74) is 0.527. The van der Waals surface area contributed by atoms with E-state index in [1.165, 1.54) is 28.6 Å². The number of hydrogen-bond acceptors (Lipinski definition) is 5. The molecule has 6 nitrogen and oxygen atoms in total. The summed E-state index contributed by atoms with van der Waals surface area (Å²) in [6.07, 6.45) is 2.68. The fourth-order valence-corrected chi connectivity index (χ4v) is 4.80. The first-order valence-corrected chi connectivity index (χ1v) is 11.2. The molecule has 0 N–H and O–H groups in total. The van der Waals surface area contributed by atoms with Crippen molar-refractivity contribution in [2.45, 2.75) is 24.2 Å². The zero-order valence-corrected chi connectivity index (χ0v) is 17.5. The predicted octanol–water partition coefficient (Wildman–Crippen LogP) is 3.66. The SMILES string of the molecule is O=C(COC(=O)c1cccc(S(=O)(=O)N2CCCCC2)c1)c1ccc(Br)cc1. The van der Waals surface area contributed by atoms with E-state index in [9.17, 15) is 18.0 Å². The van der Waals surface area contributed by atoms with Gasteiger partial charge in [0.2, 0.25) is 10.0 Å². The standard InChI is InChI=1S/C20H20BrNO5S/c21-17-9-7-15(8-10-17)19(23)14-27-20(24)16-5-4-6-18(13-16)28(25,26)22-11-2-1-3-12-22/h4-10,13H,1-3,11-12,14H2. The minimum Gasteiger partial charge on any atom is -0.454 e. The first-order valence-electron chi connectivity index (χ1n) is 8.94. The maximum atomic E-state index is 12.8. The van der Waals surface area contributed by atoms with Gasteiger partial charge in [-0.1, -0.05) is 40.5 Å². The van der Waals surface area contributed by atoms with Gasteiger partial charge in [-0.15, -0.1) is 0 Å². The lowest BCUT2D eigenvalue weighted by molar-refractivity contribution is 0.0474. The molecule has 0 aromatic heterocycles. The quantitative estimate of drug-likeness (QED) is 0.480. The summed E-state index contributed by atoms with van der Waals surface area (Å²) in [5, 5.41) is 0. The molecule has 2 aromatic rings. The van der Waals surface area contributed by atoms with E-state index in [1.807, 2.05) is 0 Å². The van der Waals surface area contributed by atoms with Crippen LogP contribution in [0, 0.1) is 0 Å². The van der Waals surface area contributed by atoms with Gasteiger partial charge >= 0.3 is 5.97 Å². The number of hydrogen-bond donors (Lipinski definition) is 0. The van der Waals surface area contributed by atoms with Gasteiger partial charge in [-0.05, 0) is 43.2 Å². The molecule has 1 saturated heterocycles. The lowest BCUT2D eigenvalue weighted by atomic mass is 10.1. The number of carbonyl (C=O) groups excluding carboxylic acids is 2. The zero-order valence-electron chi connectivity index (χ0n) is 15.1. The molecule has 2 aromatic carbocycles. The Morgan fingerprint density at radius 3 is 2.32 bits per heavy atom. The van der Waals surface area contributed by atoms with Crippen LogP contribution in [0.4, 0.5) is 0 Å². The van der Waals surface area contributed by atoms with Gasteiger partial charge in [0.05, 0.1) is 10.5 Å². The Kier molecular flexibility index (Phi) is 6.64. The number of Topliss-reactive ketones (excluding diaryl/α,β-unsaturated/α-hetero) is 1. The fourth-order valence-electron chi connectivity index (χ4n) is 2.97. The highest BCUT2D eigenvalue weighted by Crippen LogP contribution is 2.21. The lowest BCUT2D eigenvalue weighted by Crippen LogP contribution is -2.35. The summed E-state index contributed by atoms with van der Waals surface area (Å²) in [6.45, 7) is 0.557. The number of nitrogens with zero attached hydrogens (tertiary/aromatic N) is 1. The van der Waals surface area contributed by atoms with Crippen LogP contribution in [0.25, 0.3) is 0 Å². The molecule has 0 atom stereocenters. The first-order chi connectivity index (χ1) is 13.4. The Bertz CT molecular complexity index is 966. The van der Waals surface area contributed by atoms with Crippen LogP contribution >= 0.6 is 15.9 Å². The molecule has 28 heavy (non-hydrogen) atoms. The highest BCUT2D eigenvalue weighted by molar-refractivity contribution is 9.10. The molecule has 1 aliphatic rings. The zero-order chi connectivity index (χ0) is 20.1. The van der Waals surface area contributed by atoms with Crippen molar-refractivity contribution in [3.05, 3.63) is 64.1 Å². The van der Waals surface area contributed by atoms with Gasteiger partial charge in [0, 0.05) is 23.1 Å². The minimum absolute atomic E-state index is 0.0584. The monoisotopic (exact) mass is 465 g/mol. The molecule has 0 aliphatic carbocycles. The molecule has 0 radical (unpaired) electrons. The summed E-state index contributed by atoms with van der Waals surface area (Å²) in [4.78, 5) is 24.5. The van der Waals surface area contributed by atoms with E-state index in [2.05, 4.69) is 15.9 Å². The Morgan fingerprint density at radius 2 is 1.64 bits per heavy atom. The number of benzene rings is 2. The van der Waals surface area contributed by atoms with E-state index in [4.69, 9.17) is 4.74 Å². The highest BCUT2D eigenvalue weighted by atomic mass is 79.9. The topological polar surface area (TPSA) is 80.8 Å². The summed E-state index contributed by atoms with van der Waals surface area (Å²) >= 11 is 3.29. The number of carbonyl (C=O) groups is 2. The third-order valence-corrected chi connectivity index (χ3v) is 6.95. The van der Waals surface area contributed by atoms with Gasteiger partial charge < -0.3 is 4.74 Å². The van der Waals surface area contributed by atoms with Crippen molar-refractivity contribution in [2.24, 2.45) is 0 Å². The number of piperidine rings is 1. The molecule has 0 amide bonds. The van der Waals surface area contributed by atoms with Crippen LogP contribution in [0.5, 0.6) is 0 Å². The van der Waals surface area contributed by atoms with Crippen LogP contribution in [-0.2, 0) is 14.8 Å². The Balaban J connectivity index is 1.68. The van der Waals surface area contributed by atoms with Crippen molar-refractivity contribution in [3.8, 4) is 0 Å². The largest absolute Gasteiger partial charge is 0.454 e. The molecule has 0 bridgehead atoms. The number of halogens is 1. The summed E-state index contributed by atoms with van der Waals surface area (Å²) < 4.78 is 32.9. The maximum absolute atomic E-state index is 12.8. The number of sulfonamides is 1. The number of rotatable bonds is 6. The van der Waals surface area contributed by atoms with Crippen molar-refractivity contribution in [1.29, 1.82) is 0 Å². The summed E-state index contributed by atoms with van der Waals surface area (Å²) in [7, 11) is -3.64. The molecule has 148 valence electrons. The summed E-state index contributed by atoms with van der Waals surface area (Å²) in [6, 6.07) is 12.5. The van der Waals surface area contributed by atoms with Gasteiger partial charge in [-0.25, -0.2) is 13.2 Å². The van der Waals surface area contributed by atoms with E-state index < -0.39 is 22.6 Å². The second kappa shape index (κ2) is 8.98. The normalized spacial score (nSPS) is 15.2. The average molecular weight is 466 g/mol. The Hall–Kier alpha value is -2.03. The van der Waals surface area contributed by atoms with Crippen LogP contribution in [0.2, 0.25) is 0 Å². The first kappa shape index (κ1) is 20.7. The molecule has 3 rings (SSSR count). The van der Waals surface area contributed by atoms with Crippen molar-refractivity contribution in [3.63, 3.8) is 0 Å². The van der Waals surface area contributed by atoms with Gasteiger partial charge in [0.15, 0.2) is 12.4 Å². The molecule has 0 saturated carbocycles. The molecule has 0 spiro atoms. The Morgan fingerprint density at radius 1 is 0.964 bits per heavy atom. The van der Waals surface area contributed by atoms with Crippen LogP contribution in [0.3, 0.4) is 0 Å². The van der Waals surface area contributed by atoms with E-state index in [0.29, 0.717) is 18.7 Å². The molecule has 1 fully saturated rings. The minimum atomic E-state index is -3.64. The van der Waals surface area contributed by atoms with Crippen LogP contribution < -0.4 is 0 Å². The third kappa shape index (κ3) is 4.87. The van der Waals surface area contributed by atoms with Crippen LogP contribution in [0.1, 0.15) is 40.0 Å².